The third kappa shape index (κ3) is 4.17. The highest BCUT2D eigenvalue weighted by molar-refractivity contribution is 5.78. The SMILES string of the molecule is Cc1ccccc1-c1cc(O)c2c(c1)CN(CC(=O)NC(C)C)CCO2. The molecule has 0 saturated carbocycles. The van der Waals surface area contributed by atoms with Crippen molar-refractivity contribution in [2.75, 3.05) is 19.7 Å². The smallest absolute Gasteiger partial charge is 0.234 e. The van der Waals surface area contributed by atoms with Crippen molar-refractivity contribution in [2.24, 2.45) is 0 Å². The fourth-order valence-electron chi connectivity index (χ4n) is 3.31. The molecule has 2 aromatic rings. The first-order chi connectivity index (χ1) is 12.4. The van der Waals surface area contributed by atoms with E-state index in [0.717, 1.165) is 22.3 Å². The van der Waals surface area contributed by atoms with Gasteiger partial charge in [-0.2, -0.15) is 0 Å². The predicted octanol–water partition coefficient (Wildman–Crippen LogP) is 3.09. The molecule has 2 N–H and O–H groups in total. The van der Waals surface area contributed by atoms with Crippen LogP contribution in [-0.2, 0) is 11.3 Å². The van der Waals surface area contributed by atoms with Gasteiger partial charge < -0.3 is 15.2 Å². The van der Waals surface area contributed by atoms with E-state index in [4.69, 9.17) is 4.74 Å². The van der Waals surface area contributed by atoms with Gasteiger partial charge in [0.1, 0.15) is 6.61 Å². The molecule has 3 rings (SSSR count). The van der Waals surface area contributed by atoms with Crippen molar-refractivity contribution >= 4 is 5.91 Å². The minimum atomic E-state index is 0.00253. The summed E-state index contributed by atoms with van der Waals surface area (Å²) >= 11 is 0. The molecule has 1 amide bonds. The van der Waals surface area contributed by atoms with Crippen LogP contribution in [0.2, 0.25) is 0 Å². The van der Waals surface area contributed by atoms with E-state index in [1.807, 2.05) is 36.9 Å². The molecule has 0 spiro atoms. The zero-order chi connectivity index (χ0) is 18.7. The largest absolute Gasteiger partial charge is 0.504 e. The molecule has 1 heterocycles. The number of aryl methyl sites for hydroxylation is 1. The molecule has 0 aromatic heterocycles. The Labute approximate surface area is 154 Å². The standard InChI is InChI=1S/C21H26N2O3/c1-14(2)22-20(25)13-23-8-9-26-21-17(12-23)10-16(11-19(21)24)18-7-5-4-6-15(18)3/h4-7,10-11,14,24H,8-9,12-13H2,1-3H3,(H,22,25). The average molecular weight is 354 g/mol. The van der Waals surface area contributed by atoms with Crippen molar-refractivity contribution in [1.29, 1.82) is 0 Å². The van der Waals surface area contributed by atoms with E-state index in [1.54, 1.807) is 6.07 Å². The van der Waals surface area contributed by atoms with Crippen molar-refractivity contribution in [3.8, 4) is 22.6 Å². The van der Waals surface area contributed by atoms with E-state index in [0.29, 0.717) is 32.0 Å². The predicted molar refractivity (Wildman–Crippen MR) is 102 cm³/mol. The Morgan fingerprint density at radius 2 is 2.08 bits per heavy atom. The second kappa shape index (κ2) is 7.79. The van der Waals surface area contributed by atoms with Gasteiger partial charge in [0.05, 0.1) is 6.54 Å². The fraction of sp³-hybridized carbons (Fsp3) is 0.381. The molecular weight excluding hydrogens is 328 g/mol. The third-order valence-electron chi connectivity index (χ3n) is 4.47. The fourth-order valence-corrected chi connectivity index (χ4v) is 3.31. The van der Waals surface area contributed by atoms with Crippen LogP contribution in [0.4, 0.5) is 0 Å². The number of phenolic OH excluding ortho intramolecular Hbond substituents is 1. The summed E-state index contributed by atoms with van der Waals surface area (Å²) in [5.41, 5.74) is 4.09. The first-order valence-corrected chi connectivity index (χ1v) is 9.00. The van der Waals surface area contributed by atoms with Gasteiger partial charge in [-0.3, -0.25) is 9.69 Å². The highest BCUT2D eigenvalue weighted by atomic mass is 16.5. The van der Waals surface area contributed by atoms with E-state index >= 15 is 0 Å². The molecule has 5 heteroatoms. The first-order valence-electron chi connectivity index (χ1n) is 9.00. The molecule has 0 atom stereocenters. The maximum atomic E-state index is 12.1. The van der Waals surface area contributed by atoms with Crippen LogP contribution in [0.25, 0.3) is 11.1 Å². The van der Waals surface area contributed by atoms with Gasteiger partial charge >= 0.3 is 0 Å². The molecule has 0 fully saturated rings. The van der Waals surface area contributed by atoms with Crippen molar-refractivity contribution in [2.45, 2.75) is 33.4 Å². The number of hydrogen-bond donors (Lipinski definition) is 2. The number of ether oxygens (including phenoxy) is 1. The van der Waals surface area contributed by atoms with Crippen molar-refractivity contribution in [3.05, 3.63) is 47.5 Å². The van der Waals surface area contributed by atoms with E-state index in [1.165, 1.54) is 0 Å². The molecule has 2 aromatic carbocycles. The summed E-state index contributed by atoms with van der Waals surface area (Å²) in [5.74, 6) is 0.672. The van der Waals surface area contributed by atoms with E-state index < -0.39 is 0 Å². The summed E-state index contributed by atoms with van der Waals surface area (Å²) in [6.45, 7) is 7.91. The molecule has 0 aliphatic carbocycles. The second-order valence-corrected chi connectivity index (χ2v) is 7.08. The molecule has 0 saturated heterocycles. The molecule has 26 heavy (non-hydrogen) atoms. The highest BCUT2D eigenvalue weighted by Gasteiger charge is 2.21. The lowest BCUT2D eigenvalue weighted by Crippen LogP contribution is -2.40. The molecule has 138 valence electrons. The number of phenols is 1. The molecule has 5 nitrogen and oxygen atoms in total. The van der Waals surface area contributed by atoms with Crippen LogP contribution in [-0.4, -0.2) is 41.7 Å². The van der Waals surface area contributed by atoms with Crippen molar-refractivity contribution in [1.82, 2.24) is 10.2 Å². The van der Waals surface area contributed by atoms with Crippen LogP contribution >= 0.6 is 0 Å². The zero-order valence-corrected chi connectivity index (χ0v) is 15.6. The van der Waals surface area contributed by atoms with Crippen LogP contribution in [0.5, 0.6) is 11.5 Å². The van der Waals surface area contributed by atoms with E-state index in [2.05, 4.69) is 24.4 Å². The Balaban J connectivity index is 1.88. The third-order valence-corrected chi connectivity index (χ3v) is 4.47. The number of carbonyl (C=O) groups is 1. The number of fused-ring (bicyclic) bond motifs is 1. The van der Waals surface area contributed by atoms with Crippen LogP contribution in [0, 0.1) is 6.92 Å². The lowest BCUT2D eigenvalue weighted by Gasteiger charge is -2.20. The number of rotatable bonds is 4. The summed E-state index contributed by atoms with van der Waals surface area (Å²) in [7, 11) is 0. The van der Waals surface area contributed by atoms with Crippen LogP contribution in [0.3, 0.4) is 0 Å². The molecule has 0 radical (unpaired) electrons. The topological polar surface area (TPSA) is 61.8 Å². The van der Waals surface area contributed by atoms with Gasteiger partial charge in [-0.25, -0.2) is 0 Å². The summed E-state index contributed by atoms with van der Waals surface area (Å²) in [4.78, 5) is 14.1. The quantitative estimate of drug-likeness (QED) is 0.886. The van der Waals surface area contributed by atoms with Crippen LogP contribution in [0.15, 0.2) is 36.4 Å². The maximum Gasteiger partial charge on any atom is 0.234 e. The number of nitrogens with zero attached hydrogens (tertiary/aromatic N) is 1. The van der Waals surface area contributed by atoms with Gasteiger partial charge in [0, 0.05) is 24.7 Å². The zero-order valence-electron chi connectivity index (χ0n) is 15.6. The Morgan fingerprint density at radius 3 is 2.81 bits per heavy atom. The molecular formula is C21H26N2O3. The lowest BCUT2D eigenvalue weighted by molar-refractivity contribution is -0.122. The summed E-state index contributed by atoms with van der Waals surface area (Å²) in [5, 5.41) is 13.4. The number of hydrogen-bond acceptors (Lipinski definition) is 4. The van der Waals surface area contributed by atoms with Gasteiger partial charge in [-0.1, -0.05) is 24.3 Å². The normalized spacial score (nSPS) is 14.5. The summed E-state index contributed by atoms with van der Waals surface area (Å²) in [6.07, 6.45) is 0. The minimum Gasteiger partial charge on any atom is -0.504 e. The van der Waals surface area contributed by atoms with Gasteiger partial charge in [0.2, 0.25) is 5.91 Å². The Bertz CT molecular complexity index is 802. The highest BCUT2D eigenvalue weighted by Crippen LogP contribution is 2.38. The number of benzene rings is 2. The van der Waals surface area contributed by atoms with E-state index in [9.17, 15) is 9.90 Å². The number of aromatic hydroxyl groups is 1. The van der Waals surface area contributed by atoms with E-state index in [-0.39, 0.29) is 17.7 Å². The Hall–Kier alpha value is -2.53. The average Bonchev–Trinajstić information content (AvgIpc) is 2.76. The first kappa shape index (κ1) is 18.3. The number of amides is 1. The number of nitrogens with one attached hydrogen (secondary N) is 1. The summed E-state index contributed by atoms with van der Waals surface area (Å²) in [6, 6.07) is 12.0. The molecule has 0 bridgehead atoms. The summed E-state index contributed by atoms with van der Waals surface area (Å²) < 4.78 is 5.77. The Morgan fingerprint density at radius 1 is 1.31 bits per heavy atom. The lowest BCUT2D eigenvalue weighted by atomic mass is 9.98. The molecule has 1 aliphatic rings. The monoisotopic (exact) mass is 354 g/mol. The Kier molecular flexibility index (Phi) is 5.47. The van der Waals surface area contributed by atoms with Gasteiger partial charge in [-0.15, -0.1) is 0 Å². The van der Waals surface area contributed by atoms with Gasteiger partial charge in [-0.05, 0) is 49.6 Å². The minimum absolute atomic E-state index is 0.00253. The van der Waals surface area contributed by atoms with Crippen molar-refractivity contribution < 1.29 is 14.6 Å². The van der Waals surface area contributed by atoms with Crippen molar-refractivity contribution in [3.63, 3.8) is 0 Å². The molecule has 1 aliphatic heterocycles. The van der Waals surface area contributed by atoms with Crippen LogP contribution in [0.1, 0.15) is 25.0 Å². The van der Waals surface area contributed by atoms with Gasteiger partial charge in [0.25, 0.3) is 0 Å². The van der Waals surface area contributed by atoms with Crippen LogP contribution < -0.4 is 10.1 Å². The second-order valence-electron chi connectivity index (χ2n) is 7.08. The maximum absolute atomic E-state index is 12.1. The molecule has 0 unspecified atom stereocenters. The number of carbonyl (C=O) groups excluding carboxylic acids is 1. The van der Waals surface area contributed by atoms with Gasteiger partial charge in [0.15, 0.2) is 11.5 Å².